The molecule has 3 nitrogen and oxygen atoms in total. The first kappa shape index (κ1) is 31.5. The molecule has 0 saturated heterocycles. The van der Waals surface area contributed by atoms with Crippen LogP contribution in [-0.2, 0) is 0 Å². The average Bonchev–Trinajstić information content (AvgIpc) is 3.26. The molecule has 0 fully saturated rings. The number of pyridine rings is 1. The van der Waals surface area contributed by atoms with Crippen LogP contribution in [0.2, 0.25) is 0 Å². The van der Waals surface area contributed by atoms with Crippen LogP contribution in [0.4, 0.5) is 0 Å². The van der Waals surface area contributed by atoms with Gasteiger partial charge in [-0.25, -0.2) is 9.97 Å². The Balaban J connectivity index is 1.06. The van der Waals surface area contributed by atoms with Gasteiger partial charge in [0, 0.05) is 34.6 Å². The second-order valence-corrected chi connectivity index (χ2v) is 13.7. The van der Waals surface area contributed by atoms with E-state index in [1.165, 1.54) is 49.0 Å². The number of benzene rings is 8. The molecule has 0 amide bonds. The molecule has 10 rings (SSSR count). The Labute approximate surface area is 313 Å². The summed E-state index contributed by atoms with van der Waals surface area (Å²) in [6, 6.07) is 66.7. The maximum Gasteiger partial charge on any atom is 0.160 e. The molecule has 0 atom stereocenters. The third-order valence-electron chi connectivity index (χ3n) is 10.4. The number of hydrogen-bond donors (Lipinski definition) is 0. The van der Waals surface area contributed by atoms with Gasteiger partial charge in [-0.05, 0) is 78.3 Å². The zero-order valence-electron chi connectivity index (χ0n) is 29.4. The van der Waals surface area contributed by atoms with Gasteiger partial charge in [0.05, 0.1) is 11.4 Å². The maximum atomic E-state index is 5.19. The first-order valence-corrected chi connectivity index (χ1v) is 18.2. The Hall–Kier alpha value is -7.23. The topological polar surface area (TPSA) is 38.7 Å². The van der Waals surface area contributed by atoms with Crippen molar-refractivity contribution in [3.8, 4) is 67.3 Å². The second-order valence-electron chi connectivity index (χ2n) is 13.7. The predicted molar refractivity (Wildman–Crippen MR) is 225 cm³/mol. The molecular weight excluding hydrogens is 655 g/mol. The van der Waals surface area contributed by atoms with Gasteiger partial charge in [0.15, 0.2) is 5.82 Å². The Bertz CT molecular complexity index is 2960. The Morgan fingerprint density at radius 2 is 0.833 bits per heavy atom. The quantitative estimate of drug-likeness (QED) is 0.175. The summed E-state index contributed by atoms with van der Waals surface area (Å²) < 4.78 is 0. The lowest BCUT2D eigenvalue weighted by molar-refractivity contribution is 1.18. The summed E-state index contributed by atoms with van der Waals surface area (Å²) in [4.78, 5) is 14.7. The molecule has 8 aromatic carbocycles. The summed E-state index contributed by atoms with van der Waals surface area (Å²) in [5.41, 5.74) is 11.8. The van der Waals surface area contributed by atoms with Crippen LogP contribution in [0.1, 0.15) is 0 Å². The minimum absolute atomic E-state index is 0.696. The van der Waals surface area contributed by atoms with Crippen LogP contribution in [-0.4, -0.2) is 15.0 Å². The van der Waals surface area contributed by atoms with Crippen molar-refractivity contribution < 1.29 is 0 Å². The number of aromatic nitrogens is 3. The summed E-state index contributed by atoms with van der Waals surface area (Å²) >= 11 is 0. The smallest absolute Gasteiger partial charge is 0.160 e. The molecule has 0 aliphatic carbocycles. The van der Waals surface area contributed by atoms with E-state index in [9.17, 15) is 0 Å². The lowest BCUT2D eigenvalue weighted by Gasteiger charge is -2.13. The average molecular weight is 688 g/mol. The lowest BCUT2D eigenvalue weighted by atomic mass is 9.92. The first-order chi connectivity index (χ1) is 26.7. The summed E-state index contributed by atoms with van der Waals surface area (Å²) in [6.07, 6.45) is 3.74. The fourth-order valence-electron chi connectivity index (χ4n) is 7.64. The SMILES string of the molecule is c1cncc(-c2ccc(-c3ccc(-c4cc(-c5ccc6ccccc6c5)nc(-c5ccc(-c6cccc7ccccc67)cc5)n4)cc3)c3ccccc23)c1. The van der Waals surface area contributed by atoms with Gasteiger partial charge >= 0.3 is 0 Å². The van der Waals surface area contributed by atoms with Crippen molar-refractivity contribution in [1.82, 2.24) is 15.0 Å². The van der Waals surface area contributed by atoms with Gasteiger partial charge < -0.3 is 0 Å². The van der Waals surface area contributed by atoms with Crippen LogP contribution in [0.15, 0.2) is 200 Å². The molecule has 0 radical (unpaired) electrons. The minimum Gasteiger partial charge on any atom is -0.264 e. The largest absolute Gasteiger partial charge is 0.264 e. The van der Waals surface area contributed by atoms with Crippen molar-refractivity contribution in [3.05, 3.63) is 200 Å². The maximum absolute atomic E-state index is 5.19. The molecule has 2 aromatic heterocycles. The van der Waals surface area contributed by atoms with Crippen LogP contribution >= 0.6 is 0 Å². The zero-order chi connectivity index (χ0) is 35.8. The summed E-state index contributed by atoms with van der Waals surface area (Å²) in [5.74, 6) is 0.696. The molecule has 0 N–H and O–H groups in total. The van der Waals surface area contributed by atoms with Gasteiger partial charge in [0.25, 0.3) is 0 Å². The highest BCUT2D eigenvalue weighted by Gasteiger charge is 2.14. The summed E-state index contributed by atoms with van der Waals surface area (Å²) in [7, 11) is 0. The highest BCUT2D eigenvalue weighted by atomic mass is 14.9. The molecule has 54 heavy (non-hydrogen) atoms. The van der Waals surface area contributed by atoms with Crippen LogP contribution in [0.25, 0.3) is 99.6 Å². The van der Waals surface area contributed by atoms with Crippen molar-refractivity contribution >= 4 is 32.3 Å². The van der Waals surface area contributed by atoms with Crippen molar-refractivity contribution in [3.63, 3.8) is 0 Å². The van der Waals surface area contributed by atoms with Crippen molar-refractivity contribution in [2.24, 2.45) is 0 Å². The molecule has 3 heteroatoms. The third-order valence-corrected chi connectivity index (χ3v) is 10.4. The molecule has 0 aliphatic rings. The van der Waals surface area contributed by atoms with Crippen molar-refractivity contribution in [1.29, 1.82) is 0 Å². The normalized spacial score (nSPS) is 11.3. The van der Waals surface area contributed by atoms with E-state index in [4.69, 9.17) is 9.97 Å². The summed E-state index contributed by atoms with van der Waals surface area (Å²) in [6.45, 7) is 0. The van der Waals surface area contributed by atoms with E-state index >= 15 is 0 Å². The third kappa shape index (κ3) is 5.78. The predicted octanol–water partition coefficient (Wildman–Crippen LogP) is 13.3. The van der Waals surface area contributed by atoms with Gasteiger partial charge in [-0.1, -0.05) is 170 Å². The molecule has 0 bridgehead atoms. The lowest BCUT2D eigenvalue weighted by Crippen LogP contribution is -1.96. The number of nitrogens with zero attached hydrogens (tertiary/aromatic N) is 3. The molecule has 10 aromatic rings. The van der Waals surface area contributed by atoms with E-state index in [-0.39, 0.29) is 0 Å². The highest BCUT2D eigenvalue weighted by molar-refractivity contribution is 6.05. The Morgan fingerprint density at radius 1 is 0.296 bits per heavy atom. The van der Waals surface area contributed by atoms with Gasteiger partial charge in [-0.2, -0.15) is 0 Å². The fraction of sp³-hybridized carbons (Fsp3) is 0. The number of rotatable bonds is 6. The van der Waals surface area contributed by atoms with Gasteiger partial charge in [-0.3, -0.25) is 4.98 Å². The summed E-state index contributed by atoms with van der Waals surface area (Å²) in [5, 5.41) is 7.28. The van der Waals surface area contributed by atoms with E-state index in [0.29, 0.717) is 5.82 Å². The second kappa shape index (κ2) is 13.4. The van der Waals surface area contributed by atoms with Crippen LogP contribution < -0.4 is 0 Å². The zero-order valence-corrected chi connectivity index (χ0v) is 29.4. The minimum atomic E-state index is 0.696. The number of hydrogen-bond acceptors (Lipinski definition) is 3. The molecule has 252 valence electrons. The van der Waals surface area contributed by atoms with Crippen LogP contribution in [0.3, 0.4) is 0 Å². The van der Waals surface area contributed by atoms with Gasteiger partial charge in [-0.15, -0.1) is 0 Å². The molecule has 0 spiro atoms. The van der Waals surface area contributed by atoms with E-state index in [2.05, 4.69) is 187 Å². The van der Waals surface area contributed by atoms with Crippen molar-refractivity contribution in [2.45, 2.75) is 0 Å². The monoisotopic (exact) mass is 687 g/mol. The van der Waals surface area contributed by atoms with E-state index in [1.54, 1.807) is 0 Å². The molecule has 0 aliphatic heterocycles. The van der Waals surface area contributed by atoms with E-state index in [1.807, 2.05) is 18.5 Å². The molecular formula is C51H33N3. The van der Waals surface area contributed by atoms with E-state index < -0.39 is 0 Å². The molecule has 2 heterocycles. The molecule has 0 saturated carbocycles. The Morgan fingerprint density at radius 3 is 1.54 bits per heavy atom. The van der Waals surface area contributed by atoms with Gasteiger partial charge in [0.2, 0.25) is 0 Å². The van der Waals surface area contributed by atoms with E-state index in [0.717, 1.165) is 44.8 Å². The van der Waals surface area contributed by atoms with Crippen molar-refractivity contribution in [2.75, 3.05) is 0 Å². The highest BCUT2D eigenvalue weighted by Crippen LogP contribution is 2.37. The fourth-order valence-corrected chi connectivity index (χ4v) is 7.64. The number of fused-ring (bicyclic) bond motifs is 3. The Kier molecular flexibility index (Phi) is 7.81. The molecule has 0 unspecified atom stereocenters. The van der Waals surface area contributed by atoms with Crippen LogP contribution in [0.5, 0.6) is 0 Å². The standard InChI is InChI=1S/C51H33N3/c1-2-11-40-31-41(27-18-34(40)9-1)50-32-49(53-51(54-50)39-25-21-36(22-26-39)44-17-7-12-35-10-3-4-14-43(35)44)38-23-19-37(20-24-38)45-28-29-46(42-13-8-30-52-33-42)48-16-6-5-15-47(45)48/h1-33H. The first-order valence-electron chi connectivity index (χ1n) is 18.2. The van der Waals surface area contributed by atoms with Crippen LogP contribution in [0, 0.1) is 0 Å². The van der Waals surface area contributed by atoms with Gasteiger partial charge in [0.1, 0.15) is 0 Å².